The lowest BCUT2D eigenvalue weighted by molar-refractivity contribution is -0.144. The van der Waals surface area contributed by atoms with Gasteiger partial charge in [-0.25, -0.2) is 13.2 Å². The molecule has 2 fully saturated rings. The van der Waals surface area contributed by atoms with Gasteiger partial charge in [0.2, 0.25) is 17.6 Å². The van der Waals surface area contributed by atoms with Crippen LogP contribution >= 0.6 is 0 Å². The smallest absolute Gasteiger partial charge is 0.315 e. The first kappa shape index (κ1) is 40.5. The average molecular weight is 684 g/mol. The summed E-state index contributed by atoms with van der Waals surface area (Å²) in [4.78, 5) is 68.0. The van der Waals surface area contributed by atoms with Gasteiger partial charge in [-0.2, -0.15) is 0 Å². The fourth-order valence-corrected chi connectivity index (χ4v) is 8.09. The first-order valence-corrected chi connectivity index (χ1v) is 18.5. The van der Waals surface area contributed by atoms with Crippen molar-refractivity contribution in [1.29, 1.82) is 0 Å². The fraction of sp³-hybridized carbons (Fsp3) is 0.853. The van der Waals surface area contributed by atoms with Gasteiger partial charge >= 0.3 is 6.03 Å². The normalized spacial score (nSPS) is 22.9. The highest BCUT2D eigenvalue weighted by Gasteiger charge is 2.53. The van der Waals surface area contributed by atoms with Gasteiger partial charge in [-0.1, -0.05) is 74.7 Å². The lowest BCUT2D eigenvalue weighted by Gasteiger charge is -2.38. The van der Waals surface area contributed by atoms with E-state index < -0.39 is 78.6 Å². The third kappa shape index (κ3) is 10.2. The van der Waals surface area contributed by atoms with E-state index in [9.17, 15) is 32.4 Å². The van der Waals surface area contributed by atoms with E-state index in [0.717, 1.165) is 19.3 Å². The number of primary amides is 1. The molecule has 0 aromatic heterocycles. The molecular weight excluding hydrogens is 622 g/mol. The van der Waals surface area contributed by atoms with E-state index in [4.69, 9.17) is 5.73 Å². The van der Waals surface area contributed by atoms with Crippen LogP contribution < -0.4 is 21.7 Å². The number of nitrogens with one attached hydrogen (secondary N) is 3. The molecular formula is C34H61N5O7S. The van der Waals surface area contributed by atoms with Crippen molar-refractivity contribution in [2.45, 2.75) is 144 Å². The molecule has 5 atom stereocenters. The number of carbonyl (C=O) groups is 5. The first-order valence-electron chi connectivity index (χ1n) is 16.9. The van der Waals surface area contributed by atoms with Gasteiger partial charge in [0.15, 0.2) is 9.84 Å². The molecule has 0 bridgehead atoms. The van der Waals surface area contributed by atoms with Gasteiger partial charge in [0.25, 0.3) is 5.91 Å². The molecule has 2 rings (SSSR count). The van der Waals surface area contributed by atoms with Crippen molar-refractivity contribution in [3.63, 3.8) is 0 Å². The quantitative estimate of drug-likeness (QED) is 0.215. The Labute approximate surface area is 282 Å². The van der Waals surface area contributed by atoms with Crippen LogP contribution in [0.2, 0.25) is 0 Å². The third-order valence-electron chi connectivity index (χ3n) is 9.95. The maximum absolute atomic E-state index is 14.4. The fourth-order valence-electron chi connectivity index (χ4n) is 6.62. The minimum atomic E-state index is -3.61. The monoisotopic (exact) mass is 683 g/mol. The summed E-state index contributed by atoms with van der Waals surface area (Å²) in [5, 5.41) is 8.45. The van der Waals surface area contributed by atoms with E-state index in [-0.39, 0.29) is 30.1 Å². The van der Waals surface area contributed by atoms with E-state index in [1.54, 1.807) is 48.5 Å². The molecule has 1 aliphatic heterocycles. The van der Waals surface area contributed by atoms with Crippen LogP contribution in [0, 0.1) is 28.6 Å². The van der Waals surface area contributed by atoms with Crippen LogP contribution in [0.15, 0.2) is 0 Å². The molecule has 2 unspecified atom stereocenters. The number of Topliss-reactive ketones (excluding diaryl/α,β-unsaturated/α-hetero) is 1. The van der Waals surface area contributed by atoms with Gasteiger partial charge in [0.1, 0.15) is 12.1 Å². The van der Waals surface area contributed by atoms with E-state index in [0.29, 0.717) is 12.8 Å². The van der Waals surface area contributed by atoms with Crippen LogP contribution in [0.25, 0.3) is 0 Å². The number of urea groups is 1. The maximum atomic E-state index is 14.4. The van der Waals surface area contributed by atoms with E-state index >= 15 is 0 Å². The average Bonchev–Trinajstić information content (AvgIpc) is 3.09. The Hall–Kier alpha value is -2.70. The number of hydrogen-bond acceptors (Lipinski definition) is 7. The molecule has 2 aliphatic rings. The van der Waals surface area contributed by atoms with Crippen LogP contribution in [0.5, 0.6) is 0 Å². The molecule has 5 N–H and O–H groups in total. The number of nitrogens with two attached hydrogens (primary N) is 1. The third-order valence-corrected chi connectivity index (χ3v) is 12.8. The second-order valence-electron chi connectivity index (χ2n) is 17.4. The number of hydrogen-bond donors (Lipinski definition) is 4. The van der Waals surface area contributed by atoms with Crippen molar-refractivity contribution in [2.24, 2.45) is 34.3 Å². The Balaban J connectivity index is 2.40. The van der Waals surface area contributed by atoms with Crippen molar-refractivity contribution in [3.05, 3.63) is 0 Å². The second kappa shape index (κ2) is 14.4. The lowest BCUT2D eigenvalue weighted by Crippen LogP contribution is -2.63. The molecule has 12 nitrogen and oxygen atoms in total. The molecule has 1 aliphatic carbocycles. The Kier molecular flexibility index (Phi) is 12.4. The van der Waals surface area contributed by atoms with Crippen molar-refractivity contribution in [2.75, 3.05) is 12.3 Å². The molecule has 0 spiro atoms. The largest absolute Gasteiger partial charge is 0.363 e. The topological polar surface area (TPSA) is 185 Å². The number of nitrogens with zero attached hydrogens (tertiary/aromatic N) is 1. The number of likely N-dealkylation sites (tertiary alicyclic amines) is 1. The summed E-state index contributed by atoms with van der Waals surface area (Å²) in [7, 11) is -3.61. The molecule has 1 heterocycles. The van der Waals surface area contributed by atoms with Gasteiger partial charge in [0.05, 0.1) is 22.1 Å². The first-order chi connectivity index (χ1) is 21.1. The van der Waals surface area contributed by atoms with Crippen molar-refractivity contribution >= 4 is 39.4 Å². The van der Waals surface area contributed by atoms with Crippen LogP contribution in [0.3, 0.4) is 0 Å². The summed E-state index contributed by atoms with van der Waals surface area (Å²) < 4.78 is 25.4. The summed E-state index contributed by atoms with van der Waals surface area (Å²) in [5.74, 6) is -3.36. The van der Waals surface area contributed by atoms with Crippen LogP contribution in [0.4, 0.5) is 4.79 Å². The maximum Gasteiger partial charge on any atom is 0.315 e. The minimum Gasteiger partial charge on any atom is -0.363 e. The van der Waals surface area contributed by atoms with Gasteiger partial charge < -0.3 is 26.6 Å². The van der Waals surface area contributed by atoms with Crippen LogP contribution in [-0.2, 0) is 29.0 Å². The number of ketones is 1. The molecule has 47 heavy (non-hydrogen) atoms. The molecule has 0 aromatic carbocycles. The van der Waals surface area contributed by atoms with Gasteiger partial charge in [-0.05, 0) is 69.1 Å². The van der Waals surface area contributed by atoms with E-state index in [1.165, 1.54) is 4.90 Å². The zero-order valence-corrected chi connectivity index (χ0v) is 31.5. The second-order valence-corrected chi connectivity index (χ2v) is 20.2. The molecule has 1 saturated carbocycles. The Morgan fingerprint density at radius 3 is 1.94 bits per heavy atom. The molecule has 0 radical (unpaired) electrons. The Morgan fingerprint density at radius 2 is 1.51 bits per heavy atom. The molecule has 0 aromatic rings. The predicted molar refractivity (Wildman–Crippen MR) is 183 cm³/mol. The van der Waals surface area contributed by atoms with Crippen molar-refractivity contribution < 1.29 is 32.4 Å². The SMILES string of the molecule is CC(C)C[C@@](C)(CS(=O)(=O)C(C)(C)C)NC(=O)N[C@H](C(=O)N1CC(C)(C)C(C)[C@H]1C(=O)NC(CC1CCC1)C(=O)C(N)=O)C(C)(C)C. The predicted octanol–water partition coefficient (Wildman–Crippen LogP) is 3.32. The lowest BCUT2D eigenvalue weighted by atomic mass is 9.79. The van der Waals surface area contributed by atoms with Crippen LogP contribution in [-0.4, -0.2) is 83.6 Å². The molecule has 13 heteroatoms. The van der Waals surface area contributed by atoms with Crippen LogP contribution in [0.1, 0.15) is 115 Å². The number of amides is 5. The Morgan fingerprint density at radius 1 is 0.957 bits per heavy atom. The Bertz CT molecular complexity index is 1310. The van der Waals surface area contributed by atoms with E-state index in [2.05, 4.69) is 16.0 Å². The zero-order valence-electron chi connectivity index (χ0n) is 30.7. The van der Waals surface area contributed by atoms with Gasteiger partial charge in [-0.3, -0.25) is 19.2 Å². The summed E-state index contributed by atoms with van der Waals surface area (Å²) in [6.07, 6.45) is 3.50. The van der Waals surface area contributed by atoms with Gasteiger partial charge in [0, 0.05) is 6.54 Å². The number of sulfone groups is 1. The van der Waals surface area contributed by atoms with Crippen molar-refractivity contribution in [3.8, 4) is 0 Å². The highest BCUT2D eigenvalue weighted by atomic mass is 32.2. The van der Waals surface area contributed by atoms with E-state index in [1.807, 2.05) is 34.6 Å². The molecule has 270 valence electrons. The minimum absolute atomic E-state index is 0.0673. The highest BCUT2D eigenvalue weighted by molar-refractivity contribution is 7.92. The zero-order chi connectivity index (χ0) is 36.5. The van der Waals surface area contributed by atoms with Crippen molar-refractivity contribution in [1.82, 2.24) is 20.9 Å². The summed E-state index contributed by atoms with van der Waals surface area (Å²) >= 11 is 0. The summed E-state index contributed by atoms with van der Waals surface area (Å²) in [6.45, 7) is 21.8. The van der Waals surface area contributed by atoms with Gasteiger partial charge in [-0.15, -0.1) is 0 Å². The number of rotatable bonds is 13. The molecule has 5 amide bonds. The standard InChI is InChI=1S/C34H61N5O7S/c1-20(2)17-34(12,19-47(45,46)32(7,8)9)38-30(44)37-26(31(4,5)6)29(43)39-18-33(10,11)21(3)24(39)28(42)36-23(25(40)27(35)41)16-22-14-13-15-22/h20-24,26H,13-19H2,1-12H3,(H2,35,41)(H,36,42)(H2,37,38,44)/t21?,23?,24-,26+,34-/m0/s1. The highest BCUT2D eigenvalue weighted by Crippen LogP contribution is 2.41. The molecule has 1 saturated heterocycles. The summed E-state index contributed by atoms with van der Waals surface area (Å²) in [6, 6.07) is -3.83. The summed E-state index contributed by atoms with van der Waals surface area (Å²) in [5.41, 5.74) is 2.91. The number of carbonyl (C=O) groups excluding carboxylic acids is 5.